The van der Waals surface area contributed by atoms with E-state index in [4.69, 9.17) is 4.74 Å². The predicted octanol–water partition coefficient (Wildman–Crippen LogP) is 3.82. The number of rotatable bonds is 8. The monoisotopic (exact) mass is 473 g/mol. The number of sulfonamides is 1. The molecule has 2 aliphatic rings. The number of hydrogen-bond acceptors (Lipinski definition) is 7. The third kappa shape index (κ3) is 6.20. The second-order valence-corrected chi connectivity index (χ2v) is 11.2. The lowest BCUT2D eigenvalue weighted by atomic mass is 10.0. The van der Waals surface area contributed by atoms with Crippen LogP contribution in [0.5, 0.6) is 0 Å². The highest BCUT2D eigenvalue weighted by Crippen LogP contribution is 2.37. The summed E-state index contributed by atoms with van der Waals surface area (Å²) >= 11 is 0. The molecule has 10 heteroatoms. The number of anilines is 2. The van der Waals surface area contributed by atoms with Crippen molar-refractivity contribution in [3.05, 3.63) is 42.2 Å². The second-order valence-electron chi connectivity index (χ2n) is 9.49. The van der Waals surface area contributed by atoms with Gasteiger partial charge in [0, 0.05) is 29.7 Å². The Hall–Kier alpha value is -2.72. The highest BCUT2D eigenvalue weighted by molar-refractivity contribution is 7.89. The number of alkyl carbamates (subject to hydrolysis) is 1. The van der Waals surface area contributed by atoms with E-state index in [-0.39, 0.29) is 34.6 Å². The number of aromatic nitrogens is 2. The van der Waals surface area contributed by atoms with Crippen LogP contribution in [-0.4, -0.2) is 42.2 Å². The molecule has 1 amide bonds. The van der Waals surface area contributed by atoms with Crippen LogP contribution in [0, 0.1) is 0 Å². The molecular weight excluding hydrogens is 442 g/mol. The molecule has 3 N–H and O–H groups in total. The Bertz CT molecular complexity index is 1080. The lowest BCUT2D eigenvalue weighted by Gasteiger charge is -2.16. The van der Waals surface area contributed by atoms with Crippen LogP contribution in [0.3, 0.4) is 0 Å². The third-order valence-electron chi connectivity index (χ3n) is 6.02. The first-order chi connectivity index (χ1) is 15.6. The molecule has 2 saturated carbocycles. The van der Waals surface area contributed by atoms with Gasteiger partial charge in [0.15, 0.2) is 0 Å². The molecule has 0 spiro atoms. The zero-order chi connectivity index (χ0) is 23.6. The number of benzene rings is 1. The maximum atomic E-state index is 12.2. The Balaban J connectivity index is 1.30. The Morgan fingerprint density at radius 1 is 1.12 bits per heavy atom. The maximum Gasteiger partial charge on any atom is 0.407 e. The predicted molar refractivity (Wildman–Crippen MR) is 125 cm³/mol. The van der Waals surface area contributed by atoms with Crippen LogP contribution >= 0.6 is 0 Å². The van der Waals surface area contributed by atoms with E-state index in [9.17, 15) is 13.2 Å². The minimum Gasteiger partial charge on any atom is -0.446 e. The van der Waals surface area contributed by atoms with Gasteiger partial charge in [-0.2, -0.15) is 0 Å². The average molecular weight is 474 g/mol. The molecular formula is C23H31N5O4S. The smallest absolute Gasteiger partial charge is 0.407 e. The topological polar surface area (TPSA) is 122 Å². The average Bonchev–Trinajstić information content (AvgIpc) is 3.28. The number of ether oxygens (including phenoxy) is 1. The van der Waals surface area contributed by atoms with Crippen molar-refractivity contribution in [3.63, 3.8) is 0 Å². The molecule has 2 aromatic rings. The fourth-order valence-electron chi connectivity index (χ4n) is 3.93. The van der Waals surface area contributed by atoms with E-state index in [0.29, 0.717) is 11.6 Å². The van der Waals surface area contributed by atoms with Gasteiger partial charge in [0.2, 0.25) is 16.0 Å². The van der Waals surface area contributed by atoms with E-state index in [1.165, 1.54) is 0 Å². The minimum absolute atomic E-state index is 0.0781. The van der Waals surface area contributed by atoms with Gasteiger partial charge in [-0.3, -0.25) is 0 Å². The summed E-state index contributed by atoms with van der Waals surface area (Å²) in [4.78, 5) is 21.0. The summed E-state index contributed by atoms with van der Waals surface area (Å²) < 4.78 is 32.6. The van der Waals surface area contributed by atoms with Gasteiger partial charge in [0.05, 0.1) is 4.90 Å². The first-order valence-corrected chi connectivity index (χ1v) is 12.8. The summed E-state index contributed by atoms with van der Waals surface area (Å²) in [6.07, 6.45) is 7.70. The molecule has 33 heavy (non-hydrogen) atoms. The molecule has 0 bridgehead atoms. The molecule has 4 rings (SSSR count). The van der Waals surface area contributed by atoms with Gasteiger partial charge >= 0.3 is 6.09 Å². The van der Waals surface area contributed by atoms with Crippen LogP contribution in [0.1, 0.15) is 64.4 Å². The SMILES string of the molecule is CC(C)NS(=O)(=O)c1ccc(Nc2ncc([C@@H]3CC[C@H](OC(=O)NC4(C)CC4)C3)cn2)cc1. The number of carbonyl (C=O) groups is 1. The Labute approximate surface area is 194 Å². The third-order valence-corrected chi connectivity index (χ3v) is 7.69. The van der Waals surface area contributed by atoms with Crippen LogP contribution in [0.15, 0.2) is 41.6 Å². The molecule has 1 aromatic carbocycles. The standard InChI is InChI=1S/C23H31N5O4S/c1-15(2)28-33(30,31)20-8-5-18(6-9-20)26-21-24-13-17(14-25-21)16-4-7-19(12-16)32-22(29)27-23(3)10-11-23/h5-6,8-9,13-16,19,28H,4,7,10-12H2,1-3H3,(H,27,29)(H,24,25,26)/t16-,19+/m1/s1. The molecule has 2 fully saturated rings. The van der Waals surface area contributed by atoms with Crippen molar-refractivity contribution in [2.75, 3.05) is 5.32 Å². The zero-order valence-corrected chi connectivity index (χ0v) is 20.0. The van der Waals surface area contributed by atoms with Gasteiger partial charge < -0.3 is 15.4 Å². The number of amides is 1. The van der Waals surface area contributed by atoms with Crippen molar-refractivity contribution >= 4 is 27.8 Å². The van der Waals surface area contributed by atoms with Crippen LogP contribution < -0.4 is 15.4 Å². The molecule has 0 saturated heterocycles. The molecule has 2 atom stereocenters. The second kappa shape index (κ2) is 9.26. The molecule has 2 aliphatic carbocycles. The quantitative estimate of drug-likeness (QED) is 0.533. The van der Waals surface area contributed by atoms with E-state index in [1.807, 2.05) is 6.92 Å². The molecule has 0 unspecified atom stereocenters. The zero-order valence-electron chi connectivity index (χ0n) is 19.2. The van der Waals surface area contributed by atoms with Crippen molar-refractivity contribution in [3.8, 4) is 0 Å². The highest BCUT2D eigenvalue weighted by Gasteiger charge is 2.40. The lowest BCUT2D eigenvalue weighted by molar-refractivity contribution is 0.0967. The van der Waals surface area contributed by atoms with E-state index >= 15 is 0 Å². The van der Waals surface area contributed by atoms with Crippen LogP contribution in [0.4, 0.5) is 16.4 Å². The van der Waals surface area contributed by atoms with Crippen LogP contribution in [0.2, 0.25) is 0 Å². The van der Waals surface area contributed by atoms with Gasteiger partial charge in [-0.15, -0.1) is 0 Å². The van der Waals surface area contributed by atoms with E-state index in [0.717, 1.165) is 37.7 Å². The van der Waals surface area contributed by atoms with E-state index in [1.54, 1.807) is 50.5 Å². The number of carbonyl (C=O) groups excluding carboxylic acids is 1. The Morgan fingerprint density at radius 3 is 2.39 bits per heavy atom. The summed E-state index contributed by atoms with van der Waals surface area (Å²) in [6, 6.07) is 6.26. The molecule has 0 radical (unpaired) electrons. The van der Waals surface area contributed by atoms with Gasteiger partial charge in [0.1, 0.15) is 6.10 Å². The first kappa shape index (κ1) is 23.4. The number of hydrogen-bond donors (Lipinski definition) is 3. The van der Waals surface area contributed by atoms with E-state index in [2.05, 4.69) is 25.3 Å². The van der Waals surface area contributed by atoms with Crippen molar-refractivity contribution in [1.29, 1.82) is 0 Å². The fourth-order valence-corrected chi connectivity index (χ4v) is 5.18. The summed E-state index contributed by atoms with van der Waals surface area (Å²) in [5.41, 5.74) is 1.63. The first-order valence-electron chi connectivity index (χ1n) is 11.3. The molecule has 178 valence electrons. The molecule has 9 nitrogen and oxygen atoms in total. The molecule has 1 heterocycles. The lowest BCUT2D eigenvalue weighted by Crippen LogP contribution is -2.36. The van der Waals surface area contributed by atoms with E-state index < -0.39 is 10.0 Å². The Kier molecular flexibility index (Phi) is 6.58. The summed E-state index contributed by atoms with van der Waals surface area (Å²) in [5.74, 6) is 0.684. The minimum atomic E-state index is -3.53. The van der Waals surface area contributed by atoms with Crippen molar-refractivity contribution < 1.29 is 17.9 Å². The normalized spacial score (nSPS) is 21.6. The number of nitrogens with one attached hydrogen (secondary N) is 3. The highest BCUT2D eigenvalue weighted by atomic mass is 32.2. The number of nitrogens with zero attached hydrogens (tertiary/aromatic N) is 2. The molecule has 1 aromatic heterocycles. The summed E-state index contributed by atoms with van der Waals surface area (Å²) in [6.45, 7) is 5.58. The van der Waals surface area contributed by atoms with Gasteiger partial charge in [-0.25, -0.2) is 27.9 Å². The van der Waals surface area contributed by atoms with Crippen LogP contribution in [-0.2, 0) is 14.8 Å². The van der Waals surface area contributed by atoms with Crippen LogP contribution in [0.25, 0.3) is 0 Å². The fraction of sp³-hybridized carbons (Fsp3) is 0.522. The largest absolute Gasteiger partial charge is 0.446 e. The van der Waals surface area contributed by atoms with Gasteiger partial charge in [0.25, 0.3) is 0 Å². The maximum absolute atomic E-state index is 12.2. The summed E-state index contributed by atoms with van der Waals surface area (Å²) in [5, 5.41) is 6.02. The molecule has 0 aliphatic heterocycles. The Morgan fingerprint density at radius 2 is 1.79 bits per heavy atom. The van der Waals surface area contributed by atoms with Crippen molar-refractivity contribution in [1.82, 2.24) is 20.0 Å². The summed E-state index contributed by atoms with van der Waals surface area (Å²) in [7, 11) is -3.53. The van der Waals surface area contributed by atoms with Crippen molar-refractivity contribution in [2.24, 2.45) is 0 Å². The van der Waals surface area contributed by atoms with Gasteiger partial charge in [-0.05, 0) is 88.6 Å². The van der Waals surface area contributed by atoms with Crippen molar-refractivity contribution in [2.45, 2.75) is 81.4 Å². The van der Waals surface area contributed by atoms with Gasteiger partial charge in [-0.1, -0.05) is 0 Å².